The van der Waals surface area contributed by atoms with Crippen LogP contribution in [0.15, 0.2) is 78.4 Å². The SMILES string of the molecule is C[C@@H]1CNC[C@H](NC(=O)OC(C)(C)C)C1.C[C@H]1C[C@@H](N)CN(c2ccc(C#N)c3ncncc23)C1.C[C@H]1C[C@@H](NC(=O)OC(C)(C)C)CN(c2ccc(C#N)c3ncncc23)C1.N#Cc1ccc(Br)c2cncnc12. The molecule has 19 nitrogen and oxygen atoms in total. The van der Waals surface area contributed by atoms with Gasteiger partial charge in [0.1, 0.15) is 48.4 Å². The average Bonchev–Trinajstić information content (AvgIpc) is 3.35. The summed E-state index contributed by atoms with van der Waals surface area (Å²) in [6.45, 7) is 22.9. The summed E-state index contributed by atoms with van der Waals surface area (Å²) in [6, 6.07) is 17.9. The highest BCUT2D eigenvalue weighted by Crippen LogP contribution is 2.33. The molecule has 0 aliphatic carbocycles. The number of rotatable bonds is 4. The van der Waals surface area contributed by atoms with Crippen LogP contribution in [-0.2, 0) is 9.47 Å². The maximum absolute atomic E-state index is 12.2. The fourth-order valence-corrected chi connectivity index (χ4v) is 9.88. The van der Waals surface area contributed by atoms with Crippen molar-refractivity contribution in [2.24, 2.45) is 23.5 Å². The lowest BCUT2D eigenvalue weighted by Crippen LogP contribution is -2.51. The van der Waals surface area contributed by atoms with E-state index in [4.69, 9.17) is 20.5 Å². The molecule has 2 amide bonds. The number of alkyl carbamates (subject to hydrolysis) is 2. The summed E-state index contributed by atoms with van der Waals surface area (Å²) in [5.41, 5.74) is 11.0. The van der Waals surface area contributed by atoms with E-state index in [1.54, 1.807) is 30.7 Å². The molecule has 3 aromatic carbocycles. The van der Waals surface area contributed by atoms with Crippen LogP contribution in [0.1, 0.15) is 98.3 Å². The first-order chi connectivity index (χ1) is 35.6. The van der Waals surface area contributed by atoms with Crippen molar-refractivity contribution in [3.05, 3.63) is 95.1 Å². The van der Waals surface area contributed by atoms with Crippen molar-refractivity contribution in [2.45, 2.75) is 111 Å². The fourth-order valence-electron chi connectivity index (χ4n) is 9.46. The van der Waals surface area contributed by atoms with E-state index in [9.17, 15) is 20.1 Å². The van der Waals surface area contributed by atoms with Crippen molar-refractivity contribution in [1.82, 2.24) is 45.9 Å². The van der Waals surface area contributed by atoms with Crippen LogP contribution in [0, 0.1) is 51.7 Å². The first-order valence-corrected chi connectivity index (χ1v) is 25.9. The summed E-state index contributed by atoms with van der Waals surface area (Å²) in [4.78, 5) is 52.9. The predicted octanol–water partition coefficient (Wildman–Crippen LogP) is 8.69. The minimum absolute atomic E-state index is 0.0149. The number of nitriles is 3. The van der Waals surface area contributed by atoms with Crippen molar-refractivity contribution in [3.8, 4) is 18.2 Å². The van der Waals surface area contributed by atoms with Gasteiger partial charge < -0.3 is 41.0 Å². The van der Waals surface area contributed by atoms with Crippen LogP contribution >= 0.6 is 15.9 Å². The molecule has 0 bridgehead atoms. The van der Waals surface area contributed by atoms with Gasteiger partial charge in [-0.05, 0) is 122 Å². The molecule has 75 heavy (non-hydrogen) atoms. The Kier molecular flexibility index (Phi) is 19.6. The van der Waals surface area contributed by atoms with E-state index < -0.39 is 17.3 Å². The van der Waals surface area contributed by atoms with E-state index in [1.807, 2.05) is 65.8 Å². The van der Waals surface area contributed by atoms with E-state index in [1.165, 1.54) is 19.0 Å². The van der Waals surface area contributed by atoms with Crippen LogP contribution in [-0.4, -0.2) is 111 Å². The Balaban J connectivity index is 0.000000169. The normalized spacial score (nSPS) is 20.5. The van der Waals surface area contributed by atoms with Crippen molar-refractivity contribution in [1.29, 1.82) is 15.8 Å². The van der Waals surface area contributed by atoms with Crippen molar-refractivity contribution < 1.29 is 19.1 Å². The van der Waals surface area contributed by atoms with E-state index in [-0.39, 0.29) is 24.2 Å². The third kappa shape index (κ3) is 16.3. The Hall–Kier alpha value is -7.31. The van der Waals surface area contributed by atoms with E-state index in [0.29, 0.717) is 57.5 Å². The molecular formula is C55H68BrN15O4. The molecule has 6 atom stereocenters. The van der Waals surface area contributed by atoms with Crippen LogP contribution in [0.2, 0.25) is 0 Å². The number of carbonyl (C=O) groups excluding carboxylic acids is 2. The highest BCUT2D eigenvalue weighted by molar-refractivity contribution is 9.10. The number of fused-ring (bicyclic) bond motifs is 3. The average molecular weight is 1080 g/mol. The molecule has 3 aliphatic rings. The fraction of sp³-hybridized carbons (Fsp3) is 0.473. The zero-order chi connectivity index (χ0) is 54.5. The number of halogens is 1. The number of ether oxygens (including phenoxy) is 2. The van der Waals surface area contributed by atoms with E-state index >= 15 is 0 Å². The molecule has 6 aromatic rings. The standard InChI is InChI=1S/C20H25N5O2.C15H17N5.C11H22N2O2.C9H4BrN3/c1-13-7-15(24-19(26)27-20(2,3)4)11-25(10-13)17-6-5-14(8-21)18-16(17)9-22-12-23-18;1-10-4-12(17)8-20(7-10)14-3-2-11(5-16)15-13(14)6-18-9-19-15;1-8-5-9(7-12-6-8)13-10(14)15-11(2,3)4;10-8-2-1-6(3-11)9-7(8)4-12-5-13-9/h5-6,9,12-13,15H,7,10-11H2,1-4H3,(H,24,26);2-3,6,9-10,12H,4,7-8,17H2,1H3;8-9,12H,5-7H2,1-4H3,(H,13,14);1-2,4-5H/t13-,15+;10-,12+;8-,9+;/m000./s1. The maximum Gasteiger partial charge on any atom is 0.407 e. The molecule has 20 heteroatoms. The Morgan fingerprint density at radius 2 is 1.04 bits per heavy atom. The molecule has 0 radical (unpaired) electrons. The highest BCUT2D eigenvalue weighted by atomic mass is 79.9. The number of amides is 2. The summed E-state index contributed by atoms with van der Waals surface area (Å²) in [5, 5.41) is 39.1. The van der Waals surface area contributed by atoms with Gasteiger partial charge in [0.2, 0.25) is 0 Å². The Labute approximate surface area is 447 Å². The largest absolute Gasteiger partial charge is 0.444 e. The number of aromatic nitrogens is 6. The Bertz CT molecular complexity index is 3060. The Morgan fingerprint density at radius 3 is 1.51 bits per heavy atom. The van der Waals surface area contributed by atoms with Crippen LogP contribution in [0.5, 0.6) is 0 Å². The van der Waals surface area contributed by atoms with Gasteiger partial charge in [0.05, 0.1) is 33.2 Å². The van der Waals surface area contributed by atoms with Crippen LogP contribution in [0.4, 0.5) is 21.0 Å². The molecule has 0 saturated carbocycles. The summed E-state index contributed by atoms with van der Waals surface area (Å²) >= 11 is 3.37. The molecule has 3 fully saturated rings. The van der Waals surface area contributed by atoms with Gasteiger partial charge in [0.15, 0.2) is 0 Å². The summed E-state index contributed by atoms with van der Waals surface area (Å²) < 4.78 is 11.5. The molecule has 3 aromatic heterocycles. The maximum atomic E-state index is 12.2. The zero-order valence-electron chi connectivity index (χ0n) is 44.3. The number of hydrogen-bond acceptors (Lipinski definition) is 17. The van der Waals surface area contributed by atoms with Gasteiger partial charge in [0, 0.05) is 101 Å². The number of carbonyl (C=O) groups is 2. The lowest BCUT2D eigenvalue weighted by molar-refractivity contribution is 0.0481. The first-order valence-electron chi connectivity index (χ1n) is 25.1. The lowest BCUT2D eigenvalue weighted by Gasteiger charge is -2.38. The lowest BCUT2D eigenvalue weighted by atomic mass is 9.95. The van der Waals surface area contributed by atoms with Gasteiger partial charge in [0.25, 0.3) is 0 Å². The highest BCUT2D eigenvalue weighted by Gasteiger charge is 2.30. The number of hydrogen-bond donors (Lipinski definition) is 4. The first kappa shape index (κ1) is 57.0. The number of anilines is 2. The molecule has 0 spiro atoms. The molecule has 3 saturated heterocycles. The summed E-state index contributed by atoms with van der Waals surface area (Å²) in [7, 11) is 0. The van der Waals surface area contributed by atoms with Crippen molar-refractivity contribution in [3.63, 3.8) is 0 Å². The third-order valence-corrected chi connectivity index (χ3v) is 13.0. The number of benzene rings is 3. The van der Waals surface area contributed by atoms with Crippen LogP contribution < -0.4 is 31.5 Å². The van der Waals surface area contributed by atoms with Gasteiger partial charge in [-0.25, -0.2) is 39.5 Å². The molecule has 0 unspecified atom stereocenters. The van der Waals surface area contributed by atoms with Crippen LogP contribution in [0.25, 0.3) is 32.7 Å². The van der Waals surface area contributed by atoms with Crippen molar-refractivity contribution in [2.75, 3.05) is 49.1 Å². The third-order valence-electron chi connectivity index (χ3n) is 12.3. The molecular weight excluding hydrogens is 1010 g/mol. The summed E-state index contributed by atoms with van der Waals surface area (Å²) in [5.74, 6) is 1.57. The molecule has 3 aliphatic heterocycles. The second kappa shape index (κ2) is 25.8. The topological polar surface area (TPSA) is 270 Å². The number of piperidine rings is 3. The van der Waals surface area contributed by atoms with Gasteiger partial charge in [-0.1, -0.05) is 36.7 Å². The van der Waals surface area contributed by atoms with Gasteiger partial charge in [-0.3, -0.25) is 0 Å². The summed E-state index contributed by atoms with van der Waals surface area (Å²) in [6.07, 6.45) is 11.8. The van der Waals surface area contributed by atoms with E-state index in [0.717, 1.165) is 84.0 Å². The minimum atomic E-state index is -0.523. The number of nitrogens with one attached hydrogen (secondary N) is 3. The zero-order valence-corrected chi connectivity index (χ0v) is 45.8. The quantitative estimate of drug-likeness (QED) is 0.128. The van der Waals surface area contributed by atoms with Crippen molar-refractivity contribution >= 4 is 72.2 Å². The minimum Gasteiger partial charge on any atom is -0.444 e. The van der Waals surface area contributed by atoms with E-state index in [2.05, 4.69) is 111 Å². The molecule has 6 heterocycles. The van der Waals surface area contributed by atoms with Gasteiger partial charge >= 0.3 is 12.2 Å². The smallest absolute Gasteiger partial charge is 0.407 e. The Morgan fingerprint density at radius 1 is 0.613 bits per heavy atom. The molecule has 5 N–H and O–H groups in total. The monoisotopic (exact) mass is 1080 g/mol. The molecule has 394 valence electrons. The second-order valence-corrected chi connectivity index (χ2v) is 22.3. The van der Waals surface area contributed by atoms with Crippen LogP contribution in [0.3, 0.4) is 0 Å². The van der Waals surface area contributed by atoms with Gasteiger partial charge in [-0.15, -0.1) is 0 Å². The number of nitrogens with two attached hydrogens (primary N) is 1. The predicted molar refractivity (Wildman–Crippen MR) is 293 cm³/mol. The number of nitrogens with zero attached hydrogens (tertiary/aromatic N) is 11. The van der Waals surface area contributed by atoms with Gasteiger partial charge in [-0.2, -0.15) is 15.8 Å². The second-order valence-electron chi connectivity index (χ2n) is 21.5. The molecule has 9 rings (SSSR count).